The molecule has 7 heteroatoms. The molecule has 2 atom stereocenters. The van der Waals surface area contributed by atoms with Gasteiger partial charge in [-0.1, -0.05) is 91.0 Å². The van der Waals surface area contributed by atoms with Gasteiger partial charge in [-0.2, -0.15) is 0 Å². The number of rotatable bonds is 7. The molecule has 2 heterocycles. The van der Waals surface area contributed by atoms with Crippen molar-refractivity contribution in [2.24, 2.45) is 0 Å². The Hall–Kier alpha value is -4.07. The first-order valence-corrected chi connectivity index (χ1v) is 11.4. The second-order valence-corrected chi connectivity index (χ2v) is 8.39. The molecule has 7 nitrogen and oxygen atoms in total. The molecule has 0 spiro atoms. The highest BCUT2D eigenvalue weighted by molar-refractivity contribution is 5.83. The second-order valence-electron chi connectivity index (χ2n) is 8.39. The summed E-state index contributed by atoms with van der Waals surface area (Å²) in [6, 6.07) is 30.9. The number of Topliss-reactive ketones (excluding diaryl/α,β-unsaturated/α-hetero) is 1. The minimum atomic E-state index is -1.10. The van der Waals surface area contributed by atoms with Gasteiger partial charge in [0.2, 0.25) is 0 Å². The van der Waals surface area contributed by atoms with Gasteiger partial charge in [0, 0.05) is 18.7 Å². The SMILES string of the molecule is O=C1C[C@@H](COC(c2ccccc2)(c2ccccc2)c2ccccc2)OC1n1ccc(=O)[nH]c1=O. The monoisotopic (exact) mass is 468 g/mol. The smallest absolute Gasteiger partial charge is 0.330 e. The number of nitrogens with one attached hydrogen (secondary N) is 1. The van der Waals surface area contributed by atoms with Crippen LogP contribution in [-0.4, -0.2) is 28.0 Å². The summed E-state index contributed by atoms with van der Waals surface area (Å²) >= 11 is 0. The molecule has 1 aromatic heterocycles. The van der Waals surface area contributed by atoms with Crippen LogP contribution >= 0.6 is 0 Å². The Balaban J connectivity index is 1.50. The molecule has 1 N–H and O–H groups in total. The van der Waals surface area contributed by atoms with Gasteiger partial charge in [0.05, 0.1) is 12.7 Å². The van der Waals surface area contributed by atoms with Crippen LogP contribution in [-0.2, 0) is 19.9 Å². The molecule has 0 saturated carbocycles. The number of carbonyl (C=O) groups is 1. The van der Waals surface area contributed by atoms with Crippen molar-refractivity contribution in [1.29, 1.82) is 0 Å². The van der Waals surface area contributed by atoms with E-state index in [9.17, 15) is 14.4 Å². The number of H-pyrrole nitrogens is 1. The molecular formula is C28H24N2O5. The first kappa shape index (κ1) is 22.7. The van der Waals surface area contributed by atoms with Gasteiger partial charge in [-0.15, -0.1) is 0 Å². The molecular weight excluding hydrogens is 444 g/mol. The summed E-state index contributed by atoms with van der Waals surface area (Å²) in [5.41, 5.74) is 0.656. The lowest BCUT2D eigenvalue weighted by molar-refractivity contribution is -0.128. The lowest BCUT2D eigenvalue weighted by Gasteiger charge is -2.36. The van der Waals surface area contributed by atoms with Crippen molar-refractivity contribution in [2.75, 3.05) is 6.61 Å². The molecule has 1 unspecified atom stereocenters. The number of nitrogens with zero attached hydrogens (tertiary/aromatic N) is 1. The van der Waals surface area contributed by atoms with Crippen LogP contribution in [0, 0.1) is 0 Å². The van der Waals surface area contributed by atoms with E-state index in [4.69, 9.17) is 9.47 Å². The van der Waals surface area contributed by atoms with Crippen LogP contribution in [0.5, 0.6) is 0 Å². The van der Waals surface area contributed by atoms with Crippen molar-refractivity contribution in [3.05, 3.63) is 141 Å². The minimum absolute atomic E-state index is 0.0880. The molecule has 0 aliphatic carbocycles. The van der Waals surface area contributed by atoms with Crippen LogP contribution in [0.25, 0.3) is 0 Å². The molecule has 1 aliphatic rings. The van der Waals surface area contributed by atoms with Crippen LogP contribution in [0.4, 0.5) is 0 Å². The summed E-state index contributed by atoms with van der Waals surface area (Å²) in [6.45, 7) is 0.110. The number of ether oxygens (including phenoxy) is 2. The Morgan fingerprint density at radius 1 is 0.800 bits per heavy atom. The zero-order valence-electron chi connectivity index (χ0n) is 18.9. The van der Waals surface area contributed by atoms with Gasteiger partial charge in [-0.3, -0.25) is 19.1 Å². The van der Waals surface area contributed by atoms with Gasteiger partial charge in [0.25, 0.3) is 5.56 Å². The highest BCUT2D eigenvalue weighted by Crippen LogP contribution is 2.41. The molecule has 176 valence electrons. The zero-order valence-corrected chi connectivity index (χ0v) is 18.9. The van der Waals surface area contributed by atoms with E-state index in [1.807, 2.05) is 91.0 Å². The topological polar surface area (TPSA) is 90.4 Å². The van der Waals surface area contributed by atoms with Crippen LogP contribution < -0.4 is 11.2 Å². The van der Waals surface area contributed by atoms with Crippen LogP contribution in [0.15, 0.2) is 113 Å². The summed E-state index contributed by atoms with van der Waals surface area (Å²) in [6.07, 6.45) is -0.311. The zero-order chi connectivity index (χ0) is 24.3. The fourth-order valence-corrected chi connectivity index (χ4v) is 4.55. The lowest BCUT2D eigenvalue weighted by atomic mass is 9.80. The predicted octanol–water partition coefficient (Wildman–Crippen LogP) is 3.40. The van der Waals surface area contributed by atoms with Crippen LogP contribution in [0.2, 0.25) is 0 Å². The van der Waals surface area contributed by atoms with E-state index < -0.39 is 29.2 Å². The molecule has 0 radical (unpaired) electrons. The number of ketones is 1. The highest BCUT2D eigenvalue weighted by atomic mass is 16.6. The molecule has 4 aromatic rings. The number of aromatic amines is 1. The largest absolute Gasteiger partial charge is 0.358 e. The van der Waals surface area contributed by atoms with Gasteiger partial charge >= 0.3 is 5.69 Å². The van der Waals surface area contributed by atoms with Crippen LogP contribution in [0.1, 0.15) is 29.3 Å². The maximum Gasteiger partial charge on any atom is 0.330 e. The summed E-state index contributed by atoms with van der Waals surface area (Å²) in [7, 11) is 0. The van der Waals surface area contributed by atoms with E-state index in [0.29, 0.717) is 0 Å². The van der Waals surface area contributed by atoms with Crippen molar-refractivity contribution in [1.82, 2.24) is 9.55 Å². The maximum atomic E-state index is 12.7. The summed E-state index contributed by atoms with van der Waals surface area (Å²) < 4.78 is 13.8. The fraction of sp³-hybridized carbons (Fsp3) is 0.179. The quantitative estimate of drug-likeness (QED) is 0.420. The Bertz CT molecular complexity index is 1320. The summed E-state index contributed by atoms with van der Waals surface area (Å²) in [5, 5.41) is 0. The van der Waals surface area contributed by atoms with E-state index in [1.165, 1.54) is 12.3 Å². The Morgan fingerprint density at radius 2 is 1.31 bits per heavy atom. The third-order valence-corrected chi connectivity index (χ3v) is 6.16. The van der Waals surface area contributed by atoms with Gasteiger partial charge in [-0.05, 0) is 16.7 Å². The number of hydrogen-bond acceptors (Lipinski definition) is 5. The standard InChI is InChI=1S/C28H24N2O5/c31-24-18-23(35-26(24)30-17-16-25(32)29-27(30)33)19-34-28(20-10-4-1-5-11-20,21-12-6-2-7-13-21)22-14-8-3-9-15-22/h1-17,23,26H,18-19H2,(H,29,32,33)/t23-,26?/m0/s1. The van der Waals surface area contributed by atoms with Crippen LogP contribution in [0.3, 0.4) is 0 Å². The van der Waals surface area contributed by atoms with Gasteiger partial charge in [0.15, 0.2) is 12.0 Å². The molecule has 1 saturated heterocycles. The molecule has 0 bridgehead atoms. The van der Waals surface area contributed by atoms with Gasteiger partial charge in [-0.25, -0.2) is 4.79 Å². The number of benzene rings is 3. The number of carbonyl (C=O) groups excluding carboxylic acids is 1. The second kappa shape index (κ2) is 9.66. The molecule has 35 heavy (non-hydrogen) atoms. The number of aromatic nitrogens is 2. The van der Waals surface area contributed by atoms with E-state index in [1.54, 1.807) is 0 Å². The summed E-state index contributed by atoms with van der Waals surface area (Å²) in [4.78, 5) is 38.5. The van der Waals surface area contributed by atoms with Gasteiger partial charge in [0.1, 0.15) is 5.60 Å². The molecule has 0 amide bonds. The molecule has 1 fully saturated rings. The van der Waals surface area contributed by atoms with Crippen molar-refractivity contribution in [3.63, 3.8) is 0 Å². The average Bonchev–Trinajstić information content (AvgIpc) is 3.26. The molecule has 3 aromatic carbocycles. The average molecular weight is 469 g/mol. The predicted molar refractivity (Wildman–Crippen MR) is 130 cm³/mol. The number of hydrogen-bond donors (Lipinski definition) is 1. The Morgan fingerprint density at radius 3 is 1.80 bits per heavy atom. The first-order chi connectivity index (χ1) is 17.1. The van der Waals surface area contributed by atoms with Gasteiger partial charge < -0.3 is 9.47 Å². The Labute approximate surface area is 201 Å². The highest BCUT2D eigenvalue weighted by Gasteiger charge is 2.41. The van der Waals surface area contributed by atoms with E-state index >= 15 is 0 Å². The fourth-order valence-electron chi connectivity index (χ4n) is 4.55. The third-order valence-electron chi connectivity index (χ3n) is 6.16. The van der Waals surface area contributed by atoms with Crippen molar-refractivity contribution in [3.8, 4) is 0 Å². The van der Waals surface area contributed by atoms with E-state index in [0.717, 1.165) is 21.3 Å². The first-order valence-electron chi connectivity index (χ1n) is 11.4. The van der Waals surface area contributed by atoms with Crippen molar-refractivity contribution < 1.29 is 14.3 Å². The maximum absolute atomic E-state index is 12.7. The molecule has 5 rings (SSSR count). The van der Waals surface area contributed by atoms with E-state index in [-0.39, 0.29) is 18.8 Å². The van der Waals surface area contributed by atoms with E-state index in [2.05, 4.69) is 4.98 Å². The Kier molecular flexibility index (Phi) is 6.27. The summed E-state index contributed by atoms with van der Waals surface area (Å²) in [5.74, 6) is -0.252. The van der Waals surface area contributed by atoms with Crippen molar-refractivity contribution in [2.45, 2.75) is 24.4 Å². The lowest BCUT2D eigenvalue weighted by Crippen LogP contribution is -2.36. The molecule has 1 aliphatic heterocycles. The minimum Gasteiger partial charge on any atom is -0.358 e. The normalized spacial score (nSPS) is 18.0. The van der Waals surface area contributed by atoms with Crippen molar-refractivity contribution >= 4 is 5.78 Å². The third kappa shape index (κ3) is 4.39.